The van der Waals surface area contributed by atoms with E-state index in [1.807, 2.05) is 20.8 Å². The minimum Gasteiger partial charge on any atom is -0.463 e. The lowest BCUT2D eigenvalue weighted by atomic mass is 10.1. The summed E-state index contributed by atoms with van der Waals surface area (Å²) in [6.07, 6.45) is 2.41. The smallest absolute Gasteiger partial charge is 0.308 e. The molecular weight excluding hydrogens is 180 g/mol. The fourth-order valence-corrected chi connectivity index (χ4v) is 0.789. The second-order valence-electron chi connectivity index (χ2n) is 3.37. The molecule has 0 aliphatic carbocycles. The van der Waals surface area contributed by atoms with Gasteiger partial charge in [0.15, 0.2) is 0 Å². The van der Waals surface area contributed by atoms with Crippen LogP contribution >= 0.6 is 0 Å². The fourth-order valence-electron chi connectivity index (χ4n) is 0.789. The van der Waals surface area contributed by atoms with E-state index < -0.39 is 0 Å². The molecule has 3 nitrogen and oxygen atoms in total. The highest BCUT2D eigenvalue weighted by molar-refractivity contribution is 5.71. The van der Waals surface area contributed by atoms with Crippen LogP contribution in [0.4, 0.5) is 0 Å². The van der Waals surface area contributed by atoms with E-state index in [1.165, 1.54) is 0 Å². The number of esters is 1. The lowest BCUT2D eigenvalue weighted by Crippen LogP contribution is -2.22. The van der Waals surface area contributed by atoms with Gasteiger partial charge in [0.05, 0.1) is 18.6 Å². The van der Waals surface area contributed by atoms with E-state index in [2.05, 4.69) is 6.58 Å². The molecule has 0 aromatic carbocycles. The van der Waals surface area contributed by atoms with Gasteiger partial charge in [0.2, 0.25) is 0 Å². The first kappa shape index (κ1) is 13.2. The van der Waals surface area contributed by atoms with E-state index in [-0.39, 0.29) is 18.0 Å². The average molecular weight is 200 g/mol. The van der Waals surface area contributed by atoms with Crippen LogP contribution < -0.4 is 0 Å². The zero-order chi connectivity index (χ0) is 11.0. The summed E-state index contributed by atoms with van der Waals surface area (Å²) in [6, 6.07) is 0. The Morgan fingerprint density at radius 2 is 2.14 bits per heavy atom. The predicted molar refractivity (Wildman–Crippen MR) is 56.0 cm³/mol. The largest absolute Gasteiger partial charge is 0.463 e. The Labute approximate surface area is 86.1 Å². The summed E-state index contributed by atoms with van der Waals surface area (Å²) in [5, 5.41) is 0. The molecule has 0 aliphatic heterocycles. The van der Waals surface area contributed by atoms with Crippen LogP contribution in [0.3, 0.4) is 0 Å². The molecule has 14 heavy (non-hydrogen) atoms. The molecule has 0 amide bonds. The van der Waals surface area contributed by atoms with E-state index in [0.717, 1.165) is 6.42 Å². The molecule has 0 aromatic heterocycles. The molecule has 0 rings (SSSR count). The van der Waals surface area contributed by atoms with Crippen LogP contribution in [-0.4, -0.2) is 25.3 Å². The molecule has 0 N–H and O–H groups in total. The fraction of sp³-hybridized carbons (Fsp3) is 0.727. The highest BCUT2D eigenvalue weighted by Gasteiger charge is 2.13. The van der Waals surface area contributed by atoms with Gasteiger partial charge in [-0.1, -0.05) is 19.9 Å². The van der Waals surface area contributed by atoms with Gasteiger partial charge in [-0.15, -0.1) is 6.58 Å². The molecule has 0 saturated carbocycles. The molecule has 0 saturated heterocycles. The minimum absolute atomic E-state index is 0.0263. The minimum atomic E-state index is -0.151. The van der Waals surface area contributed by atoms with Gasteiger partial charge in [-0.05, 0) is 13.3 Å². The Hall–Kier alpha value is -0.830. The van der Waals surface area contributed by atoms with Crippen LogP contribution in [-0.2, 0) is 14.3 Å². The topological polar surface area (TPSA) is 35.5 Å². The molecule has 0 spiro atoms. The van der Waals surface area contributed by atoms with Gasteiger partial charge in [0, 0.05) is 0 Å². The molecule has 0 bridgehead atoms. The Bertz CT molecular complexity index is 177. The van der Waals surface area contributed by atoms with Crippen LogP contribution in [0.2, 0.25) is 0 Å². The van der Waals surface area contributed by atoms with Crippen molar-refractivity contribution in [2.75, 3.05) is 13.2 Å². The number of rotatable bonds is 7. The monoisotopic (exact) mass is 200 g/mol. The number of carbonyl (C=O) groups is 1. The summed E-state index contributed by atoms with van der Waals surface area (Å²) < 4.78 is 10.3. The van der Waals surface area contributed by atoms with E-state index >= 15 is 0 Å². The summed E-state index contributed by atoms with van der Waals surface area (Å²) in [5.74, 6) is -0.178. The summed E-state index contributed by atoms with van der Waals surface area (Å²) in [7, 11) is 0. The molecular formula is C11H20O3. The quantitative estimate of drug-likeness (QED) is 0.466. The van der Waals surface area contributed by atoms with Gasteiger partial charge in [-0.3, -0.25) is 4.79 Å². The van der Waals surface area contributed by atoms with Gasteiger partial charge in [0.1, 0.15) is 6.61 Å². The Morgan fingerprint density at radius 3 is 2.64 bits per heavy atom. The Morgan fingerprint density at radius 1 is 1.50 bits per heavy atom. The molecule has 2 unspecified atom stereocenters. The first-order valence-corrected chi connectivity index (χ1v) is 5.00. The summed E-state index contributed by atoms with van der Waals surface area (Å²) >= 11 is 0. The van der Waals surface area contributed by atoms with Crippen molar-refractivity contribution in [3.8, 4) is 0 Å². The first-order valence-electron chi connectivity index (χ1n) is 5.00. The van der Waals surface area contributed by atoms with Crippen LogP contribution in [0, 0.1) is 5.92 Å². The van der Waals surface area contributed by atoms with E-state index in [1.54, 1.807) is 6.08 Å². The Kier molecular flexibility index (Phi) is 7.11. The zero-order valence-electron chi connectivity index (χ0n) is 9.29. The van der Waals surface area contributed by atoms with Gasteiger partial charge in [0.25, 0.3) is 0 Å². The summed E-state index contributed by atoms with van der Waals surface area (Å²) in [4.78, 5) is 11.3. The van der Waals surface area contributed by atoms with Gasteiger partial charge in [-0.25, -0.2) is 0 Å². The van der Waals surface area contributed by atoms with Crippen molar-refractivity contribution >= 4 is 5.97 Å². The SMILES string of the molecule is C=CCOC(C)COC(=O)C(C)CC. The molecule has 0 aromatic rings. The average Bonchev–Trinajstić information content (AvgIpc) is 2.21. The number of hydrogen-bond donors (Lipinski definition) is 0. The zero-order valence-corrected chi connectivity index (χ0v) is 9.29. The number of ether oxygens (including phenoxy) is 2. The van der Waals surface area contributed by atoms with Crippen molar-refractivity contribution in [2.24, 2.45) is 5.92 Å². The van der Waals surface area contributed by atoms with Gasteiger partial charge in [-0.2, -0.15) is 0 Å². The third-order valence-electron chi connectivity index (χ3n) is 1.97. The summed E-state index contributed by atoms with van der Waals surface area (Å²) in [5.41, 5.74) is 0. The maximum atomic E-state index is 11.3. The van der Waals surface area contributed by atoms with E-state index in [0.29, 0.717) is 13.2 Å². The van der Waals surface area contributed by atoms with Crippen LogP contribution in [0.15, 0.2) is 12.7 Å². The van der Waals surface area contributed by atoms with E-state index in [9.17, 15) is 4.79 Å². The van der Waals surface area contributed by atoms with Gasteiger partial charge < -0.3 is 9.47 Å². The normalized spacial score (nSPS) is 14.5. The van der Waals surface area contributed by atoms with Crippen LogP contribution in [0.25, 0.3) is 0 Å². The molecule has 2 atom stereocenters. The van der Waals surface area contributed by atoms with Gasteiger partial charge >= 0.3 is 5.97 Å². The van der Waals surface area contributed by atoms with Crippen molar-refractivity contribution in [1.82, 2.24) is 0 Å². The van der Waals surface area contributed by atoms with Crippen molar-refractivity contribution in [3.63, 3.8) is 0 Å². The molecule has 0 fully saturated rings. The van der Waals surface area contributed by atoms with Crippen molar-refractivity contribution in [3.05, 3.63) is 12.7 Å². The third kappa shape index (κ3) is 5.75. The van der Waals surface area contributed by atoms with Crippen LogP contribution in [0.5, 0.6) is 0 Å². The number of carbonyl (C=O) groups excluding carboxylic acids is 1. The van der Waals surface area contributed by atoms with E-state index in [4.69, 9.17) is 9.47 Å². The highest BCUT2D eigenvalue weighted by Crippen LogP contribution is 2.04. The van der Waals surface area contributed by atoms with Crippen molar-refractivity contribution < 1.29 is 14.3 Å². The molecule has 0 aliphatic rings. The van der Waals surface area contributed by atoms with Crippen molar-refractivity contribution in [2.45, 2.75) is 33.3 Å². The second kappa shape index (κ2) is 7.56. The number of hydrogen-bond acceptors (Lipinski definition) is 3. The molecule has 0 heterocycles. The Balaban J connectivity index is 3.60. The molecule has 82 valence electrons. The lowest BCUT2D eigenvalue weighted by molar-refractivity contribution is -0.151. The summed E-state index contributed by atoms with van der Waals surface area (Å²) in [6.45, 7) is 10.0. The lowest BCUT2D eigenvalue weighted by Gasteiger charge is -2.14. The predicted octanol–water partition coefficient (Wildman–Crippen LogP) is 2.17. The maximum absolute atomic E-state index is 11.3. The third-order valence-corrected chi connectivity index (χ3v) is 1.97. The highest BCUT2D eigenvalue weighted by atomic mass is 16.6. The first-order chi connectivity index (χ1) is 6.61. The van der Waals surface area contributed by atoms with Crippen LogP contribution in [0.1, 0.15) is 27.2 Å². The second-order valence-corrected chi connectivity index (χ2v) is 3.37. The van der Waals surface area contributed by atoms with Crippen molar-refractivity contribution in [1.29, 1.82) is 0 Å². The maximum Gasteiger partial charge on any atom is 0.308 e. The molecule has 3 heteroatoms. The molecule has 0 radical (unpaired) electrons. The standard InChI is InChI=1S/C11H20O3/c1-5-7-13-10(4)8-14-11(12)9(3)6-2/h5,9-10H,1,6-8H2,2-4H3.